The molecule has 1 spiro atoms. The summed E-state index contributed by atoms with van der Waals surface area (Å²) >= 11 is 12.0. The van der Waals surface area contributed by atoms with Crippen molar-refractivity contribution in [2.24, 2.45) is 0 Å². The average molecular weight is 559 g/mol. The summed E-state index contributed by atoms with van der Waals surface area (Å²) in [7, 11) is 0. The summed E-state index contributed by atoms with van der Waals surface area (Å²) in [6.07, 6.45) is 3.63. The van der Waals surface area contributed by atoms with Gasteiger partial charge in [0.1, 0.15) is 11.4 Å². The van der Waals surface area contributed by atoms with Gasteiger partial charge in [0.15, 0.2) is 5.11 Å². The first-order valence-corrected chi connectivity index (χ1v) is 13.0. The number of fused-ring (bicyclic) bond motifs is 1. The molecule has 2 amide bonds. The molecule has 39 heavy (non-hydrogen) atoms. The third-order valence-corrected chi connectivity index (χ3v) is 8.01. The number of hydrogen-bond acceptors (Lipinski definition) is 4. The minimum Gasteiger partial charge on any atom is -0.348 e. The van der Waals surface area contributed by atoms with Crippen LogP contribution in [0.4, 0.5) is 21.5 Å². The summed E-state index contributed by atoms with van der Waals surface area (Å²) < 4.78 is 15.3. The molecule has 0 unspecified atom stereocenters. The molecule has 6 rings (SSSR count). The number of carbonyl (C=O) groups is 2. The Morgan fingerprint density at radius 3 is 2.67 bits per heavy atom. The van der Waals surface area contributed by atoms with E-state index in [1.165, 1.54) is 11.0 Å². The number of anilines is 2. The van der Waals surface area contributed by atoms with E-state index in [4.69, 9.17) is 30.4 Å². The normalized spacial score (nSPS) is 16.0. The van der Waals surface area contributed by atoms with Gasteiger partial charge in [0.2, 0.25) is 5.69 Å². The van der Waals surface area contributed by atoms with Crippen LogP contribution < -0.4 is 15.1 Å². The van der Waals surface area contributed by atoms with Crippen molar-refractivity contribution in [2.45, 2.75) is 31.3 Å². The zero-order valence-electron chi connectivity index (χ0n) is 20.4. The number of aromatic amines is 1. The number of rotatable bonds is 5. The van der Waals surface area contributed by atoms with Crippen LogP contribution >= 0.6 is 23.8 Å². The standard InChI is InChI=1S/C28H20ClFN6O2S/c1-31-24-8-6-19(12-21(24)29)35-26(38)28(9-2-10-28)36(27(35)39)20-5-3-17(22(30)13-20)14-32-25(37)16-4-7-23-18(11-16)15-33-34-23/h3-8,11-13,15H,2,9-10,14H2,(H,32,37)(H,33,34). The molecule has 2 fully saturated rings. The maximum absolute atomic E-state index is 15.3. The van der Waals surface area contributed by atoms with E-state index in [-0.39, 0.29) is 34.2 Å². The largest absolute Gasteiger partial charge is 0.348 e. The maximum atomic E-state index is 15.3. The van der Waals surface area contributed by atoms with Gasteiger partial charge in [-0.3, -0.25) is 19.6 Å². The second-order valence-electron chi connectivity index (χ2n) is 9.52. The molecule has 11 heteroatoms. The van der Waals surface area contributed by atoms with Crippen LogP contribution in [0.2, 0.25) is 5.02 Å². The van der Waals surface area contributed by atoms with Gasteiger partial charge in [-0.15, -0.1) is 0 Å². The van der Waals surface area contributed by atoms with E-state index in [0.717, 1.165) is 17.3 Å². The van der Waals surface area contributed by atoms with Gasteiger partial charge in [-0.05, 0) is 73.9 Å². The van der Waals surface area contributed by atoms with Crippen LogP contribution in [-0.4, -0.2) is 32.7 Å². The molecule has 2 heterocycles. The second-order valence-corrected chi connectivity index (χ2v) is 10.3. The Morgan fingerprint density at radius 1 is 1.18 bits per heavy atom. The van der Waals surface area contributed by atoms with Gasteiger partial charge in [-0.25, -0.2) is 9.24 Å². The predicted molar refractivity (Wildman–Crippen MR) is 151 cm³/mol. The van der Waals surface area contributed by atoms with E-state index < -0.39 is 11.4 Å². The summed E-state index contributed by atoms with van der Waals surface area (Å²) in [6.45, 7) is 7.20. The van der Waals surface area contributed by atoms with Crippen molar-refractivity contribution in [3.8, 4) is 0 Å². The topological polar surface area (TPSA) is 85.7 Å². The Balaban J connectivity index is 1.24. The van der Waals surface area contributed by atoms with Crippen molar-refractivity contribution < 1.29 is 14.0 Å². The molecule has 1 saturated heterocycles. The zero-order valence-corrected chi connectivity index (χ0v) is 21.9. The number of carbonyl (C=O) groups excluding carboxylic acids is 2. The molecule has 3 aromatic carbocycles. The predicted octanol–water partition coefficient (Wildman–Crippen LogP) is 5.90. The van der Waals surface area contributed by atoms with E-state index in [1.54, 1.807) is 59.6 Å². The van der Waals surface area contributed by atoms with Crippen molar-refractivity contribution in [3.05, 3.63) is 94.2 Å². The van der Waals surface area contributed by atoms with E-state index in [0.29, 0.717) is 35.3 Å². The lowest BCUT2D eigenvalue weighted by Gasteiger charge is -2.43. The number of amides is 2. The summed E-state index contributed by atoms with van der Waals surface area (Å²) in [6, 6.07) is 14.5. The Kier molecular flexibility index (Phi) is 6.05. The molecular weight excluding hydrogens is 539 g/mol. The molecule has 1 saturated carbocycles. The van der Waals surface area contributed by atoms with E-state index in [2.05, 4.69) is 20.4 Å². The Labute approximate surface area is 233 Å². The highest BCUT2D eigenvalue weighted by Crippen LogP contribution is 2.48. The van der Waals surface area contributed by atoms with Crippen LogP contribution in [0.15, 0.2) is 60.8 Å². The van der Waals surface area contributed by atoms with Gasteiger partial charge in [-0.1, -0.05) is 23.7 Å². The number of aromatic nitrogens is 2. The number of nitrogens with one attached hydrogen (secondary N) is 2. The molecule has 4 aromatic rings. The van der Waals surface area contributed by atoms with E-state index in [9.17, 15) is 9.59 Å². The monoisotopic (exact) mass is 558 g/mol. The number of benzene rings is 3. The molecule has 2 aliphatic rings. The maximum Gasteiger partial charge on any atom is 0.259 e. The number of hydrogen-bond donors (Lipinski definition) is 2. The fraction of sp³-hybridized carbons (Fsp3) is 0.179. The van der Waals surface area contributed by atoms with E-state index >= 15 is 4.39 Å². The lowest BCUT2D eigenvalue weighted by atomic mass is 9.75. The SMILES string of the molecule is [C-]#[N+]c1ccc(N2C(=O)C3(CCC3)N(c3ccc(CNC(=O)c4ccc5[nH]ncc5c4)c(F)c3)C2=S)cc1Cl. The molecule has 1 aliphatic carbocycles. The Bertz CT molecular complexity index is 1730. The van der Waals surface area contributed by atoms with Crippen molar-refractivity contribution in [1.29, 1.82) is 0 Å². The average Bonchev–Trinajstić information content (AvgIpc) is 3.46. The van der Waals surface area contributed by atoms with Gasteiger partial charge >= 0.3 is 0 Å². The van der Waals surface area contributed by atoms with Crippen LogP contribution in [0.1, 0.15) is 35.2 Å². The smallest absolute Gasteiger partial charge is 0.259 e. The minimum atomic E-state index is -0.893. The fourth-order valence-corrected chi connectivity index (χ4v) is 5.80. The van der Waals surface area contributed by atoms with Gasteiger partial charge < -0.3 is 10.2 Å². The first kappa shape index (κ1) is 25.0. The van der Waals surface area contributed by atoms with Gasteiger partial charge in [0, 0.05) is 33.8 Å². The molecule has 0 radical (unpaired) electrons. The molecule has 1 aromatic heterocycles. The molecule has 2 N–H and O–H groups in total. The van der Waals surface area contributed by atoms with Crippen LogP contribution in [-0.2, 0) is 11.3 Å². The highest BCUT2D eigenvalue weighted by atomic mass is 35.5. The van der Waals surface area contributed by atoms with Crippen LogP contribution in [0.3, 0.4) is 0 Å². The Morgan fingerprint density at radius 2 is 1.97 bits per heavy atom. The number of thiocarbonyl (C=S) groups is 1. The molecule has 0 atom stereocenters. The minimum absolute atomic E-state index is 0.0130. The molecule has 0 bridgehead atoms. The van der Waals surface area contributed by atoms with Crippen molar-refractivity contribution >= 4 is 68.7 Å². The molecule has 1 aliphatic heterocycles. The van der Waals surface area contributed by atoms with Crippen molar-refractivity contribution in [3.63, 3.8) is 0 Å². The summed E-state index contributed by atoms with van der Waals surface area (Å²) in [5.41, 5.74) is 1.86. The number of nitrogens with zero attached hydrogens (tertiary/aromatic N) is 4. The molecule has 194 valence electrons. The van der Waals surface area contributed by atoms with Gasteiger partial charge in [0.05, 0.1) is 24.0 Å². The first-order chi connectivity index (χ1) is 18.8. The quantitative estimate of drug-likeness (QED) is 0.235. The first-order valence-electron chi connectivity index (χ1n) is 12.2. The summed E-state index contributed by atoms with van der Waals surface area (Å²) in [4.78, 5) is 32.8. The van der Waals surface area contributed by atoms with Gasteiger partial charge in [-0.2, -0.15) is 5.10 Å². The third-order valence-electron chi connectivity index (χ3n) is 7.34. The fourth-order valence-electron chi connectivity index (χ4n) is 5.11. The van der Waals surface area contributed by atoms with Crippen LogP contribution in [0, 0.1) is 12.4 Å². The number of H-pyrrole nitrogens is 1. The number of halogens is 2. The zero-order chi connectivity index (χ0) is 27.3. The highest BCUT2D eigenvalue weighted by molar-refractivity contribution is 7.81. The van der Waals surface area contributed by atoms with Crippen LogP contribution in [0.25, 0.3) is 15.7 Å². The second kappa shape index (κ2) is 9.45. The molecule has 8 nitrogen and oxygen atoms in total. The lowest BCUT2D eigenvalue weighted by molar-refractivity contribution is -0.123. The summed E-state index contributed by atoms with van der Waals surface area (Å²) in [5.74, 6) is -1.05. The van der Waals surface area contributed by atoms with Crippen molar-refractivity contribution in [1.82, 2.24) is 15.5 Å². The third kappa shape index (κ3) is 4.02. The molecular formula is C28H20ClFN6O2S. The highest BCUT2D eigenvalue weighted by Gasteiger charge is 2.59. The summed E-state index contributed by atoms with van der Waals surface area (Å²) in [5, 5.41) is 10.8. The Hall–Kier alpha value is -4.33. The van der Waals surface area contributed by atoms with E-state index in [1.807, 2.05) is 0 Å². The lowest BCUT2D eigenvalue weighted by Crippen LogP contribution is -2.55. The van der Waals surface area contributed by atoms with Gasteiger partial charge in [0.25, 0.3) is 11.8 Å². The van der Waals surface area contributed by atoms with Crippen LogP contribution in [0.5, 0.6) is 0 Å². The van der Waals surface area contributed by atoms with Crippen molar-refractivity contribution in [2.75, 3.05) is 9.80 Å².